The minimum atomic E-state index is -4.26. The molecule has 2 N–H and O–H groups in total. The van der Waals surface area contributed by atoms with Crippen molar-refractivity contribution in [2.45, 2.75) is 17.9 Å². The van der Waals surface area contributed by atoms with Crippen LogP contribution in [0.5, 0.6) is 17.5 Å². The Balaban J connectivity index is 2.34. The third-order valence-electron chi connectivity index (χ3n) is 3.95. The summed E-state index contributed by atoms with van der Waals surface area (Å²) in [5, 5.41) is 5.24. The van der Waals surface area contributed by atoms with E-state index in [1.54, 1.807) is 0 Å². The summed E-state index contributed by atoms with van der Waals surface area (Å²) in [6.07, 6.45) is -1.83. The van der Waals surface area contributed by atoms with Gasteiger partial charge in [0, 0.05) is 17.1 Å². The molecular formula is C16H14F4N4O5S. The van der Waals surface area contributed by atoms with Gasteiger partial charge < -0.3 is 14.2 Å². The third kappa shape index (κ3) is 3.95. The number of nitrogens with zero attached hydrogens (tertiary/aromatic N) is 3. The molecular weight excluding hydrogens is 436 g/mol. The summed E-state index contributed by atoms with van der Waals surface area (Å²) in [5.41, 5.74) is -0.428. The molecule has 0 spiro atoms. The van der Waals surface area contributed by atoms with E-state index in [1.165, 1.54) is 0 Å². The number of hydrogen-bond acceptors (Lipinski definition) is 7. The number of hydrogen-bond donors (Lipinski definition) is 1. The van der Waals surface area contributed by atoms with Crippen molar-refractivity contribution in [2.24, 2.45) is 5.14 Å². The number of nitrogens with two attached hydrogens (primary N) is 1. The Bertz CT molecular complexity index is 1170. The number of benzene rings is 1. The average Bonchev–Trinajstić information content (AvgIpc) is 3.06. The van der Waals surface area contributed by atoms with Crippen LogP contribution >= 0.6 is 0 Å². The van der Waals surface area contributed by atoms with Crippen LogP contribution < -0.4 is 19.3 Å². The molecule has 2 heterocycles. The molecule has 9 nitrogen and oxygen atoms in total. The predicted molar refractivity (Wildman–Crippen MR) is 94.9 cm³/mol. The summed E-state index contributed by atoms with van der Waals surface area (Å²) >= 11 is 0. The van der Waals surface area contributed by atoms with Crippen molar-refractivity contribution in [1.29, 1.82) is 0 Å². The van der Waals surface area contributed by atoms with Gasteiger partial charge in [-0.1, -0.05) is 12.1 Å². The van der Waals surface area contributed by atoms with Gasteiger partial charge in [-0.15, -0.1) is 0 Å². The van der Waals surface area contributed by atoms with Crippen molar-refractivity contribution in [3.8, 4) is 23.5 Å². The molecule has 0 fully saturated rings. The van der Waals surface area contributed by atoms with E-state index in [1.807, 2.05) is 0 Å². The number of methoxy groups -OCH3 is 2. The van der Waals surface area contributed by atoms with Crippen molar-refractivity contribution < 1.29 is 40.2 Å². The van der Waals surface area contributed by atoms with Crippen LogP contribution in [0.15, 0.2) is 29.3 Å². The van der Waals surface area contributed by atoms with Crippen molar-refractivity contribution in [3.63, 3.8) is 0 Å². The zero-order valence-corrected chi connectivity index (χ0v) is 16.2. The Morgan fingerprint density at radius 1 is 1.07 bits per heavy atom. The number of aromatic nitrogens is 3. The molecule has 1 aromatic carbocycles. The molecule has 0 atom stereocenters. The zero-order valence-electron chi connectivity index (χ0n) is 15.3. The minimum absolute atomic E-state index is 0.0244. The van der Waals surface area contributed by atoms with Crippen molar-refractivity contribution in [3.05, 3.63) is 30.0 Å². The lowest BCUT2D eigenvalue weighted by molar-refractivity contribution is -0.0534. The number of primary sulfonamides is 1. The highest BCUT2D eigenvalue weighted by Crippen LogP contribution is 2.37. The van der Waals surface area contributed by atoms with Gasteiger partial charge in [-0.25, -0.2) is 22.3 Å². The highest BCUT2D eigenvalue weighted by atomic mass is 32.2. The van der Waals surface area contributed by atoms with Crippen molar-refractivity contribution >= 4 is 20.9 Å². The van der Waals surface area contributed by atoms with E-state index < -0.39 is 46.1 Å². The molecule has 0 bridgehead atoms. The van der Waals surface area contributed by atoms with E-state index in [0.717, 1.165) is 43.2 Å². The number of sulfonamides is 1. The molecule has 0 saturated heterocycles. The maximum Gasteiger partial charge on any atom is 0.387 e. The Morgan fingerprint density at radius 3 is 2.13 bits per heavy atom. The van der Waals surface area contributed by atoms with E-state index in [-0.39, 0.29) is 21.7 Å². The zero-order chi connectivity index (χ0) is 22.2. The molecule has 0 saturated carbocycles. The SMILES string of the molecule is COc1nc(-n2cc(S(N)(=O)=O)c3ccc(C(F)F)cc32)nc(OC)c1OC(F)F. The van der Waals surface area contributed by atoms with Crippen LogP contribution in [0.25, 0.3) is 16.9 Å². The lowest BCUT2D eigenvalue weighted by atomic mass is 10.2. The monoisotopic (exact) mass is 450 g/mol. The Labute approximate surface area is 167 Å². The maximum atomic E-state index is 13.2. The Hall–Kier alpha value is -3.13. The van der Waals surface area contributed by atoms with E-state index in [2.05, 4.69) is 14.7 Å². The number of rotatable bonds is 7. The molecule has 30 heavy (non-hydrogen) atoms. The van der Waals surface area contributed by atoms with Gasteiger partial charge in [-0.2, -0.15) is 18.7 Å². The molecule has 162 valence electrons. The van der Waals surface area contributed by atoms with Crippen molar-refractivity contribution in [1.82, 2.24) is 14.5 Å². The van der Waals surface area contributed by atoms with Crippen molar-refractivity contribution in [2.75, 3.05) is 14.2 Å². The molecule has 0 radical (unpaired) electrons. The second-order valence-corrected chi connectivity index (χ2v) is 7.27. The topological polar surface area (TPSA) is 119 Å². The lowest BCUT2D eigenvalue weighted by Gasteiger charge is -2.14. The van der Waals surface area contributed by atoms with E-state index in [0.29, 0.717) is 0 Å². The fourth-order valence-electron chi connectivity index (χ4n) is 2.71. The van der Waals surface area contributed by atoms with Gasteiger partial charge in [0.1, 0.15) is 4.90 Å². The molecule has 0 aliphatic rings. The fraction of sp³-hybridized carbons (Fsp3) is 0.250. The van der Waals surface area contributed by atoms with E-state index in [9.17, 15) is 26.0 Å². The average molecular weight is 450 g/mol. The largest absolute Gasteiger partial charge is 0.478 e. The molecule has 3 rings (SSSR count). The van der Waals surface area contributed by atoms with Gasteiger partial charge in [-0.05, 0) is 6.07 Å². The maximum absolute atomic E-state index is 13.2. The van der Waals surface area contributed by atoms with Gasteiger partial charge in [0.15, 0.2) is 0 Å². The highest BCUT2D eigenvalue weighted by Gasteiger charge is 2.25. The van der Waals surface area contributed by atoms with Crippen LogP contribution in [0.2, 0.25) is 0 Å². The Kier molecular flexibility index (Phi) is 5.72. The third-order valence-corrected chi connectivity index (χ3v) is 4.89. The van der Waals surface area contributed by atoms with Gasteiger partial charge in [0.25, 0.3) is 18.2 Å². The number of halogens is 4. The summed E-state index contributed by atoms with van der Waals surface area (Å²) in [5.74, 6) is -1.84. The first-order chi connectivity index (χ1) is 14.1. The minimum Gasteiger partial charge on any atom is -0.478 e. The van der Waals surface area contributed by atoms with Crippen LogP contribution in [0.3, 0.4) is 0 Å². The molecule has 14 heteroatoms. The van der Waals surface area contributed by atoms with Gasteiger partial charge >= 0.3 is 6.61 Å². The van der Waals surface area contributed by atoms with Gasteiger partial charge in [-0.3, -0.25) is 4.57 Å². The fourth-order valence-corrected chi connectivity index (χ4v) is 3.45. The smallest absolute Gasteiger partial charge is 0.387 e. The quantitative estimate of drug-likeness (QED) is 0.550. The van der Waals surface area contributed by atoms with Crippen LogP contribution in [0, 0.1) is 0 Å². The molecule has 0 amide bonds. The first-order valence-corrected chi connectivity index (χ1v) is 9.52. The van der Waals surface area contributed by atoms with Crippen LogP contribution in [0.1, 0.15) is 12.0 Å². The highest BCUT2D eigenvalue weighted by molar-refractivity contribution is 7.89. The van der Waals surface area contributed by atoms with Gasteiger partial charge in [0.05, 0.1) is 19.7 Å². The second-order valence-electron chi connectivity index (χ2n) is 5.74. The van der Waals surface area contributed by atoms with Crippen LogP contribution in [0.4, 0.5) is 17.6 Å². The molecule has 0 unspecified atom stereocenters. The number of alkyl halides is 4. The van der Waals surface area contributed by atoms with E-state index >= 15 is 0 Å². The Morgan fingerprint density at radius 2 is 1.67 bits per heavy atom. The summed E-state index contributed by atoms with van der Waals surface area (Å²) in [4.78, 5) is 7.44. The lowest BCUT2D eigenvalue weighted by Crippen LogP contribution is -2.12. The first kappa shape index (κ1) is 21.6. The second kappa shape index (κ2) is 7.95. The number of ether oxygens (including phenoxy) is 3. The summed E-state index contributed by atoms with van der Waals surface area (Å²) < 4.78 is 90.9. The standard InChI is InChI=1S/C16H14F4N4O5S/c1-27-13-11(29-15(19)20)14(28-2)23-16(22-13)24-6-10(30(21,25)26)8-4-3-7(12(17)18)5-9(8)24/h3-6,12,15H,1-2H3,(H2,21,25,26). The van der Waals surface area contributed by atoms with Gasteiger partial charge in [0.2, 0.25) is 21.7 Å². The van der Waals surface area contributed by atoms with Crippen LogP contribution in [-0.4, -0.2) is 43.8 Å². The normalized spacial score (nSPS) is 12.0. The summed E-state index contributed by atoms with van der Waals surface area (Å²) in [6.45, 7) is -3.24. The van der Waals surface area contributed by atoms with Crippen LogP contribution in [-0.2, 0) is 10.0 Å². The molecule has 0 aliphatic heterocycles. The predicted octanol–water partition coefficient (Wildman–Crippen LogP) is 2.62. The summed E-state index contributed by atoms with van der Waals surface area (Å²) in [6, 6.07) is 3.24. The number of fused-ring (bicyclic) bond motifs is 1. The molecule has 0 aliphatic carbocycles. The molecule has 2 aromatic heterocycles. The molecule has 3 aromatic rings. The van der Waals surface area contributed by atoms with E-state index in [4.69, 9.17) is 14.6 Å². The summed E-state index contributed by atoms with van der Waals surface area (Å²) in [7, 11) is -2.03. The first-order valence-electron chi connectivity index (χ1n) is 7.98.